The number of imidazole rings is 1. The molecule has 12 nitrogen and oxygen atoms in total. The van der Waals surface area contributed by atoms with Gasteiger partial charge in [0.05, 0.1) is 24.5 Å². The van der Waals surface area contributed by atoms with Crippen LogP contribution in [0.4, 0.5) is 18.9 Å². The zero-order valence-corrected chi connectivity index (χ0v) is 21.6. The van der Waals surface area contributed by atoms with Crippen LogP contribution in [0, 0.1) is 5.82 Å². The fraction of sp³-hybridized carbons (Fsp3) is 0.269. The van der Waals surface area contributed by atoms with Crippen molar-refractivity contribution in [3.05, 3.63) is 64.5 Å². The van der Waals surface area contributed by atoms with Crippen molar-refractivity contribution >= 4 is 28.5 Å². The Kier molecular flexibility index (Phi) is 6.17. The second-order valence-corrected chi connectivity index (χ2v) is 9.41. The summed E-state index contributed by atoms with van der Waals surface area (Å²) in [5.74, 6) is -2.47. The average molecular weight is 570 g/mol. The van der Waals surface area contributed by atoms with Crippen LogP contribution in [0.25, 0.3) is 22.3 Å². The summed E-state index contributed by atoms with van der Waals surface area (Å²) >= 11 is 0. The number of rotatable bonds is 7. The molecule has 4 aromatic rings. The van der Waals surface area contributed by atoms with Gasteiger partial charge in [0.25, 0.3) is 11.5 Å². The summed E-state index contributed by atoms with van der Waals surface area (Å²) in [7, 11) is 2.58. The predicted molar refractivity (Wildman–Crippen MR) is 136 cm³/mol. The Balaban J connectivity index is 1.37. The van der Waals surface area contributed by atoms with Gasteiger partial charge in [-0.05, 0) is 43.2 Å². The summed E-state index contributed by atoms with van der Waals surface area (Å²) in [6.07, 6.45) is -1.20. The maximum atomic E-state index is 14.6. The first-order valence-electron chi connectivity index (χ1n) is 12.3. The monoisotopic (exact) mass is 570 g/mol. The average Bonchev–Trinajstić information content (AvgIpc) is 3.53. The largest absolute Gasteiger partial charge is 0.586 e. The maximum Gasteiger partial charge on any atom is 0.586 e. The van der Waals surface area contributed by atoms with Crippen LogP contribution in [0.3, 0.4) is 0 Å². The molecule has 0 unspecified atom stereocenters. The number of aromatic nitrogens is 4. The number of alkyl halides is 2. The van der Waals surface area contributed by atoms with Gasteiger partial charge in [-0.3, -0.25) is 19.2 Å². The minimum absolute atomic E-state index is 0.0303. The Labute approximate surface area is 228 Å². The highest BCUT2D eigenvalue weighted by atomic mass is 19.3. The van der Waals surface area contributed by atoms with E-state index in [2.05, 4.69) is 24.5 Å². The number of anilines is 1. The van der Waals surface area contributed by atoms with E-state index in [0.717, 1.165) is 15.8 Å². The summed E-state index contributed by atoms with van der Waals surface area (Å²) in [6, 6.07) is 7.50. The van der Waals surface area contributed by atoms with Crippen LogP contribution in [0.2, 0.25) is 0 Å². The number of amides is 2. The molecular weight excluding hydrogens is 549 g/mol. The number of fused-ring (bicyclic) bond motifs is 2. The lowest BCUT2D eigenvalue weighted by molar-refractivity contribution is -0.286. The molecule has 2 aromatic carbocycles. The van der Waals surface area contributed by atoms with Crippen LogP contribution < -0.4 is 19.9 Å². The topological polar surface area (TPSA) is 132 Å². The molecule has 2 aliphatic rings. The second kappa shape index (κ2) is 9.62. The van der Waals surface area contributed by atoms with Crippen LogP contribution in [0.1, 0.15) is 23.2 Å². The molecule has 1 aliphatic carbocycles. The van der Waals surface area contributed by atoms with Gasteiger partial charge in [-0.15, -0.1) is 8.78 Å². The van der Waals surface area contributed by atoms with E-state index in [1.165, 1.54) is 55.7 Å². The molecule has 6 rings (SSSR count). The lowest BCUT2D eigenvalue weighted by Crippen LogP contribution is -2.39. The zero-order valence-electron chi connectivity index (χ0n) is 21.6. The molecule has 15 heteroatoms. The van der Waals surface area contributed by atoms with Gasteiger partial charge in [0.1, 0.15) is 18.1 Å². The molecule has 2 aromatic heterocycles. The standard InChI is InChI=1S/C26H21F3N6O6/c1-33(39-2)24(37)16-9-13(3-7-17(16)27)21-22-23(31-12-30-22)25(38)34(32-21)11-20(36)35(14-4-5-14)15-6-8-18-19(10-15)41-26(28,29)40-18/h3,6-10,12,14H,4-5,11H2,1-2H3,(H,30,31). The zero-order chi connectivity index (χ0) is 29.1. The third-order valence-corrected chi connectivity index (χ3v) is 6.69. The van der Waals surface area contributed by atoms with Gasteiger partial charge in [0.2, 0.25) is 5.91 Å². The second-order valence-electron chi connectivity index (χ2n) is 9.41. The van der Waals surface area contributed by atoms with Crippen molar-refractivity contribution in [1.29, 1.82) is 0 Å². The third kappa shape index (κ3) is 4.73. The highest BCUT2D eigenvalue weighted by molar-refractivity contribution is 5.97. The number of aromatic amines is 1. The smallest absolute Gasteiger partial charge is 0.395 e. The summed E-state index contributed by atoms with van der Waals surface area (Å²) in [6.45, 7) is -0.519. The number of carbonyl (C=O) groups excluding carboxylic acids is 2. The number of carbonyl (C=O) groups is 2. The first-order valence-corrected chi connectivity index (χ1v) is 12.3. The highest BCUT2D eigenvalue weighted by Crippen LogP contribution is 2.44. The molecule has 1 aliphatic heterocycles. The third-order valence-electron chi connectivity index (χ3n) is 6.69. The van der Waals surface area contributed by atoms with Crippen molar-refractivity contribution < 1.29 is 37.1 Å². The van der Waals surface area contributed by atoms with Crippen molar-refractivity contribution in [3.8, 4) is 22.8 Å². The molecule has 1 N–H and O–H groups in total. The molecule has 41 heavy (non-hydrogen) atoms. The van der Waals surface area contributed by atoms with Crippen LogP contribution in [-0.2, 0) is 16.2 Å². The van der Waals surface area contributed by atoms with Gasteiger partial charge in [-0.2, -0.15) is 5.10 Å². The summed E-state index contributed by atoms with van der Waals surface area (Å²) in [5, 5.41) is 5.23. The van der Waals surface area contributed by atoms with Crippen molar-refractivity contribution in [2.75, 3.05) is 19.1 Å². The number of H-pyrrole nitrogens is 1. The Morgan fingerprint density at radius 3 is 2.66 bits per heavy atom. The minimum atomic E-state index is -3.81. The van der Waals surface area contributed by atoms with Crippen molar-refractivity contribution in [3.63, 3.8) is 0 Å². The Hall–Kier alpha value is -4.92. The fourth-order valence-electron chi connectivity index (χ4n) is 4.56. The van der Waals surface area contributed by atoms with Crippen molar-refractivity contribution in [2.45, 2.75) is 31.7 Å². The molecule has 2 amide bonds. The van der Waals surface area contributed by atoms with E-state index in [0.29, 0.717) is 12.8 Å². The van der Waals surface area contributed by atoms with Gasteiger partial charge >= 0.3 is 6.29 Å². The quantitative estimate of drug-likeness (QED) is 0.336. The highest BCUT2D eigenvalue weighted by Gasteiger charge is 2.44. The number of halogens is 3. The van der Waals surface area contributed by atoms with Crippen LogP contribution in [-0.4, -0.2) is 63.1 Å². The molecule has 0 saturated heterocycles. The number of hydrogen-bond donors (Lipinski definition) is 1. The van der Waals surface area contributed by atoms with Crippen molar-refractivity contribution in [2.24, 2.45) is 0 Å². The predicted octanol–water partition coefficient (Wildman–Crippen LogP) is 3.08. The van der Waals surface area contributed by atoms with E-state index in [4.69, 9.17) is 4.84 Å². The molecule has 0 atom stereocenters. The molecule has 212 valence electrons. The molecule has 0 bridgehead atoms. The van der Waals surface area contributed by atoms with E-state index >= 15 is 0 Å². The normalized spacial score (nSPS) is 15.2. The summed E-state index contributed by atoms with van der Waals surface area (Å²) in [4.78, 5) is 52.5. The Morgan fingerprint density at radius 2 is 1.93 bits per heavy atom. The molecule has 0 radical (unpaired) electrons. The van der Waals surface area contributed by atoms with Gasteiger partial charge in [-0.1, -0.05) is 0 Å². The molecule has 0 spiro atoms. The van der Waals surface area contributed by atoms with Gasteiger partial charge in [-0.25, -0.2) is 19.1 Å². The van der Waals surface area contributed by atoms with Gasteiger partial charge < -0.3 is 19.4 Å². The number of hydroxylamine groups is 2. The number of ether oxygens (including phenoxy) is 2. The Morgan fingerprint density at radius 1 is 1.17 bits per heavy atom. The molecule has 1 saturated carbocycles. The van der Waals surface area contributed by atoms with Crippen LogP contribution in [0.15, 0.2) is 47.5 Å². The summed E-state index contributed by atoms with van der Waals surface area (Å²) < 4.78 is 51.5. The van der Waals surface area contributed by atoms with Gasteiger partial charge in [0, 0.05) is 30.4 Å². The van der Waals surface area contributed by atoms with Gasteiger partial charge in [0.15, 0.2) is 17.0 Å². The fourth-order valence-corrected chi connectivity index (χ4v) is 4.56. The minimum Gasteiger partial charge on any atom is -0.395 e. The van der Waals surface area contributed by atoms with Crippen molar-refractivity contribution in [1.82, 2.24) is 24.8 Å². The lowest BCUT2D eigenvalue weighted by atomic mass is 10.1. The van der Waals surface area contributed by atoms with E-state index in [1.807, 2.05) is 0 Å². The first-order chi connectivity index (χ1) is 19.6. The number of nitrogens with one attached hydrogen (secondary N) is 1. The van der Waals surface area contributed by atoms with Crippen LogP contribution >= 0.6 is 0 Å². The summed E-state index contributed by atoms with van der Waals surface area (Å²) in [5.41, 5.74) is -0.0828. The Bertz CT molecular complexity index is 1770. The van der Waals surface area contributed by atoms with Crippen LogP contribution in [0.5, 0.6) is 11.5 Å². The maximum absolute atomic E-state index is 14.6. The van der Waals surface area contributed by atoms with E-state index < -0.39 is 36.0 Å². The molecule has 1 fully saturated rings. The number of hydrogen-bond acceptors (Lipinski definition) is 8. The molecular formula is C26H21F3N6O6. The SMILES string of the molecule is CON(C)C(=O)c1cc(-c2nn(CC(=O)N(c3ccc4c(c3)OC(F)(F)O4)C3CC3)c(=O)c3nc[nH]c23)ccc1F. The number of benzene rings is 2. The molecule has 3 heterocycles. The van der Waals surface area contributed by atoms with E-state index in [9.17, 15) is 27.6 Å². The van der Waals surface area contributed by atoms with E-state index in [1.54, 1.807) is 0 Å². The number of nitrogens with zero attached hydrogens (tertiary/aromatic N) is 5. The lowest BCUT2D eigenvalue weighted by Gasteiger charge is -2.23. The first kappa shape index (κ1) is 26.3. The van der Waals surface area contributed by atoms with E-state index in [-0.39, 0.29) is 51.1 Å².